The van der Waals surface area contributed by atoms with E-state index in [1.807, 2.05) is 91.0 Å². The molecule has 4 rings (SSSR count). The number of nitriles is 3. The van der Waals surface area contributed by atoms with Crippen molar-refractivity contribution in [1.29, 1.82) is 15.8 Å². The van der Waals surface area contributed by atoms with Crippen LogP contribution in [0.5, 0.6) is 0 Å². The molecule has 0 bridgehead atoms. The van der Waals surface area contributed by atoms with E-state index in [0.717, 1.165) is 0 Å². The molecule has 1 aliphatic heterocycles. The maximum Gasteiger partial charge on any atom is 0.239 e. The van der Waals surface area contributed by atoms with Gasteiger partial charge in [-0.2, -0.15) is 15.8 Å². The van der Waals surface area contributed by atoms with E-state index in [9.17, 15) is 15.8 Å². The first-order chi connectivity index (χ1) is 14.3. The van der Waals surface area contributed by atoms with Gasteiger partial charge in [0.1, 0.15) is 18.2 Å². The third kappa shape index (κ3) is 2.60. The van der Waals surface area contributed by atoms with Gasteiger partial charge in [-0.25, -0.2) is 0 Å². The summed E-state index contributed by atoms with van der Waals surface area (Å²) in [4.78, 5) is 3.29. The number of hydrogen-bond acceptors (Lipinski definition) is 5. The Balaban J connectivity index is 2.11. The lowest BCUT2D eigenvalue weighted by molar-refractivity contribution is 0.579. The molecular weight excluding hydrogens is 358 g/mol. The molecule has 29 heavy (non-hydrogen) atoms. The lowest BCUT2D eigenvalue weighted by atomic mass is 9.96. The number of anilines is 2. The summed E-state index contributed by atoms with van der Waals surface area (Å²) in [6, 6.07) is 34.4. The molecule has 0 fully saturated rings. The Morgan fingerprint density at radius 1 is 0.552 bits per heavy atom. The lowest BCUT2D eigenvalue weighted by Gasteiger charge is -2.41. The number of hydrogen-bond donors (Lipinski definition) is 0. The maximum absolute atomic E-state index is 10.6. The zero-order valence-corrected chi connectivity index (χ0v) is 15.4. The molecule has 5 nitrogen and oxygen atoms in total. The van der Waals surface area contributed by atoms with Gasteiger partial charge < -0.3 is 0 Å². The summed E-state index contributed by atoms with van der Waals surface area (Å²) < 4.78 is 0. The predicted octanol–water partition coefficient (Wildman–Crippen LogP) is 4.65. The van der Waals surface area contributed by atoms with Crippen molar-refractivity contribution < 1.29 is 0 Å². The Hall–Kier alpha value is -4.53. The zero-order chi connectivity index (χ0) is 20.3. The lowest BCUT2D eigenvalue weighted by Crippen LogP contribution is -2.51. The second-order valence-electron chi connectivity index (χ2n) is 6.41. The van der Waals surface area contributed by atoms with Crippen molar-refractivity contribution in [3.8, 4) is 18.2 Å². The molecule has 0 atom stereocenters. The van der Waals surface area contributed by atoms with Crippen LogP contribution in [-0.2, 0) is 5.66 Å². The minimum Gasteiger partial charge on any atom is -0.290 e. The van der Waals surface area contributed by atoms with E-state index in [1.165, 1.54) is 0 Å². The van der Waals surface area contributed by atoms with E-state index in [-0.39, 0.29) is 11.4 Å². The SMILES string of the molecule is N#CC1=C(C#N)N(c2ccccc2)C(C#N)(c2ccccc2)N1c1ccccc1. The van der Waals surface area contributed by atoms with Gasteiger partial charge in [0, 0.05) is 16.9 Å². The summed E-state index contributed by atoms with van der Waals surface area (Å²) in [5.41, 5.74) is 0.801. The van der Waals surface area contributed by atoms with Gasteiger partial charge in [0.25, 0.3) is 0 Å². The van der Waals surface area contributed by atoms with Crippen molar-refractivity contribution in [1.82, 2.24) is 0 Å². The molecule has 0 N–H and O–H groups in total. The predicted molar refractivity (Wildman–Crippen MR) is 110 cm³/mol. The summed E-state index contributed by atoms with van der Waals surface area (Å²) in [6.45, 7) is 0. The summed E-state index contributed by atoms with van der Waals surface area (Å²) in [6.07, 6.45) is 0. The van der Waals surface area contributed by atoms with Gasteiger partial charge in [-0.05, 0) is 24.3 Å². The summed E-state index contributed by atoms with van der Waals surface area (Å²) in [5.74, 6) is 0. The Morgan fingerprint density at radius 3 is 1.28 bits per heavy atom. The number of nitrogens with zero attached hydrogens (tertiary/aromatic N) is 5. The fourth-order valence-corrected chi connectivity index (χ4v) is 3.72. The molecular formula is C24H15N5. The summed E-state index contributed by atoms with van der Waals surface area (Å²) >= 11 is 0. The molecule has 0 aliphatic carbocycles. The summed E-state index contributed by atoms with van der Waals surface area (Å²) in [5, 5.41) is 30.6. The molecule has 0 amide bonds. The van der Waals surface area contributed by atoms with E-state index in [2.05, 4.69) is 18.2 Å². The maximum atomic E-state index is 10.6. The van der Waals surface area contributed by atoms with Crippen molar-refractivity contribution in [3.63, 3.8) is 0 Å². The van der Waals surface area contributed by atoms with Gasteiger partial charge >= 0.3 is 0 Å². The second-order valence-corrected chi connectivity index (χ2v) is 6.41. The average molecular weight is 373 g/mol. The Morgan fingerprint density at radius 2 is 0.931 bits per heavy atom. The molecule has 136 valence electrons. The molecule has 3 aromatic rings. The first kappa shape index (κ1) is 17.9. The molecule has 1 heterocycles. The minimum absolute atomic E-state index is 0.132. The second kappa shape index (κ2) is 7.24. The van der Waals surface area contributed by atoms with Gasteiger partial charge in [0.2, 0.25) is 5.66 Å². The number of benzene rings is 3. The molecule has 0 aromatic heterocycles. The molecule has 0 spiro atoms. The molecule has 1 aliphatic rings. The van der Waals surface area contributed by atoms with E-state index < -0.39 is 5.66 Å². The van der Waals surface area contributed by atoms with Crippen LogP contribution >= 0.6 is 0 Å². The first-order valence-electron chi connectivity index (χ1n) is 8.99. The van der Waals surface area contributed by atoms with Crippen LogP contribution in [-0.4, -0.2) is 0 Å². The van der Waals surface area contributed by atoms with Crippen molar-refractivity contribution in [2.45, 2.75) is 5.66 Å². The topological polar surface area (TPSA) is 77.8 Å². The molecule has 0 unspecified atom stereocenters. The van der Waals surface area contributed by atoms with Crippen LogP contribution in [0.25, 0.3) is 0 Å². The van der Waals surface area contributed by atoms with Crippen LogP contribution in [0.2, 0.25) is 0 Å². The molecule has 0 saturated carbocycles. The quantitative estimate of drug-likeness (QED) is 0.668. The van der Waals surface area contributed by atoms with Crippen molar-refractivity contribution in [2.75, 3.05) is 9.80 Å². The molecule has 0 radical (unpaired) electrons. The van der Waals surface area contributed by atoms with Gasteiger partial charge in [0.15, 0.2) is 11.4 Å². The van der Waals surface area contributed by atoms with Crippen molar-refractivity contribution in [3.05, 3.63) is 108 Å². The highest BCUT2D eigenvalue weighted by Gasteiger charge is 2.55. The number of allylic oxidation sites excluding steroid dienone is 2. The van der Waals surface area contributed by atoms with Gasteiger partial charge in [-0.3, -0.25) is 9.80 Å². The largest absolute Gasteiger partial charge is 0.290 e. The zero-order valence-electron chi connectivity index (χ0n) is 15.4. The van der Waals surface area contributed by atoms with Crippen LogP contribution in [0.15, 0.2) is 102 Å². The Bertz CT molecular complexity index is 1110. The third-order valence-corrected chi connectivity index (χ3v) is 4.89. The highest BCUT2D eigenvalue weighted by molar-refractivity contribution is 5.78. The average Bonchev–Trinajstić information content (AvgIpc) is 3.11. The first-order valence-corrected chi connectivity index (χ1v) is 8.99. The fourth-order valence-electron chi connectivity index (χ4n) is 3.72. The minimum atomic E-state index is -1.43. The standard InChI is InChI=1S/C24H15N5/c25-16-22-23(17-26)29(21-14-8-3-9-15-21)24(18-27,19-10-4-1-5-11-19)28(22)20-12-6-2-7-13-20/h1-15H. The van der Waals surface area contributed by atoms with Gasteiger partial charge in [0.05, 0.1) is 0 Å². The van der Waals surface area contributed by atoms with Crippen LogP contribution < -0.4 is 9.80 Å². The Labute approximate surface area is 169 Å². The summed E-state index contributed by atoms with van der Waals surface area (Å²) in [7, 11) is 0. The molecule has 3 aromatic carbocycles. The van der Waals surface area contributed by atoms with Crippen molar-refractivity contribution >= 4 is 11.4 Å². The van der Waals surface area contributed by atoms with Crippen LogP contribution in [0, 0.1) is 34.0 Å². The normalized spacial score (nSPS) is 14.8. The number of rotatable bonds is 3. The smallest absolute Gasteiger partial charge is 0.239 e. The van der Waals surface area contributed by atoms with Gasteiger partial charge in [-0.15, -0.1) is 0 Å². The van der Waals surface area contributed by atoms with Crippen LogP contribution in [0.1, 0.15) is 5.56 Å². The van der Waals surface area contributed by atoms with Gasteiger partial charge in [-0.1, -0.05) is 66.7 Å². The molecule has 5 heteroatoms. The highest BCUT2D eigenvalue weighted by Crippen LogP contribution is 2.48. The van der Waals surface area contributed by atoms with E-state index >= 15 is 0 Å². The highest BCUT2D eigenvalue weighted by atomic mass is 15.5. The van der Waals surface area contributed by atoms with E-state index in [4.69, 9.17) is 0 Å². The Kier molecular flexibility index (Phi) is 4.46. The third-order valence-electron chi connectivity index (χ3n) is 4.89. The fraction of sp³-hybridized carbons (Fsp3) is 0.0417. The van der Waals surface area contributed by atoms with E-state index in [1.54, 1.807) is 9.80 Å². The van der Waals surface area contributed by atoms with Crippen molar-refractivity contribution in [2.24, 2.45) is 0 Å². The monoisotopic (exact) mass is 373 g/mol. The van der Waals surface area contributed by atoms with E-state index in [0.29, 0.717) is 16.9 Å². The molecule has 0 saturated heterocycles. The van der Waals surface area contributed by atoms with Crippen LogP contribution in [0.3, 0.4) is 0 Å². The number of para-hydroxylation sites is 2. The van der Waals surface area contributed by atoms with Crippen LogP contribution in [0.4, 0.5) is 11.4 Å².